The SMILES string of the molecule is CCCN(C)CCCOc1cc2ncnc(Nc3cnn(CC(=O)Nc4cccc(F)c4)c3)c2cc1OC. The molecule has 4 rings (SSSR count). The molecule has 0 fully saturated rings. The van der Waals surface area contributed by atoms with E-state index in [1.54, 1.807) is 25.6 Å². The van der Waals surface area contributed by atoms with Gasteiger partial charge >= 0.3 is 0 Å². The van der Waals surface area contributed by atoms with Crippen molar-refractivity contribution in [2.45, 2.75) is 26.3 Å². The zero-order valence-corrected chi connectivity index (χ0v) is 21.8. The smallest absolute Gasteiger partial charge is 0.246 e. The number of methoxy groups -OCH3 is 1. The molecular formula is C27H32FN7O3. The van der Waals surface area contributed by atoms with E-state index in [2.05, 4.69) is 44.6 Å². The van der Waals surface area contributed by atoms with Crippen molar-refractivity contribution < 1.29 is 18.7 Å². The molecule has 38 heavy (non-hydrogen) atoms. The van der Waals surface area contributed by atoms with Gasteiger partial charge in [-0.3, -0.25) is 9.48 Å². The van der Waals surface area contributed by atoms with Crippen molar-refractivity contribution in [2.75, 3.05) is 44.5 Å². The van der Waals surface area contributed by atoms with E-state index in [1.165, 1.54) is 29.2 Å². The predicted molar refractivity (Wildman–Crippen MR) is 145 cm³/mol. The average Bonchev–Trinajstić information content (AvgIpc) is 3.32. The quantitative estimate of drug-likeness (QED) is 0.248. The summed E-state index contributed by atoms with van der Waals surface area (Å²) in [6, 6.07) is 9.41. The molecule has 4 aromatic rings. The van der Waals surface area contributed by atoms with E-state index >= 15 is 0 Å². The number of anilines is 3. The highest BCUT2D eigenvalue weighted by molar-refractivity contribution is 5.93. The summed E-state index contributed by atoms with van der Waals surface area (Å²) in [5, 5.41) is 10.9. The number of rotatable bonds is 13. The van der Waals surface area contributed by atoms with Crippen LogP contribution in [-0.2, 0) is 11.3 Å². The molecule has 0 atom stereocenters. The number of carbonyl (C=O) groups is 1. The van der Waals surface area contributed by atoms with Crippen LogP contribution in [0.15, 0.2) is 55.1 Å². The Morgan fingerprint density at radius 3 is 2.79 bits per heavy atom. The molecule has 0 aliphatic heterocycles. The first kappa shape index (κ1) is 26.8. The van der Waals surface area contributed by atoms with Crippen molar-refractivity contribution in [1.29, 1.82) is 0 Å². The van der Waals surface area contributed by atoms with Crippen LogP contribution in [0.5, 0.6) is 11.5 Å². The van der Waals surface area contributed by atoms with Gasteiger partial charge < -0.3 is 25.0 Å². The zero-order valence-electron chi connectivity index (χ0n) is 21.8. The lowest BCUT2D eigenvalue weighted by Gasteiger charge is -2.16. The molecule has 0 bridgehead atoms. The van der Waals surface area contributed by atoms with Crippen LogP contribution in [0.25, 0.3) is 10.9 Å². The van der Waals surface area contributed by atoms with Gasteiger partial charge in [0.2, 0.25) is 5.91 Å². The normalized spacial score (nSPS) is 11.1. The lowest BCUT2D eigenvalue weighted by atomic mass is 10.2. The fourth-order valence-corrected chi connectivity index (χ4v) is 4.01. The summed E-state index contributed by atoms with van der Waals surface area (Å²) < 4.78 is 26.4. The second-order valence-corrected chi connectivity index (χ2v) is 8.86. The first-order valence-electron chi connectivity index (χ1n) is 12.4. The van der Waals surface area contributed by atoms with Gasteiger partial charge in [0.15, 0.2) is 11.5 Å². The van der Waals surface area contributed by atoms with Crippen LogP contribution in [0.1, 0.15) is 19.8 Å². The number of ether oxygens (including phenoxy) is 2. The Morgan fingerprint density at radius 1 is 1.13 bits per heavy atom. The van der Waals surface area contributed by atoms with Gasteiger partial charge in [0, 0.05) is 29.9 Å². The molecule has 2 N–H and O–H groups in total. The maximum absolute atomic E-state index is 13.4. The maximum Gasteiger partial charge on any atom is 0.246 e. The molecule has 0 spiro atoms. The van der Waals surface area contributed by atoms with Gasteiger partial charge in [0.25, 0.3) is 0 Å². The van der Waals surface area contributed by atoms with Gasteiger partial charge in [0.05, 0.1) is 31.1 Å². The molecule has 2 heterocycles. The third-order valence-corrected chi connectivity index (χ3v) is 5.78. The minimum absolute atomic E-state index is 0.0362. The highest BCUT2D eigenvalue weighted by Gasteiger charge is 2.13. The Morgan fingerprint density at radius 2 is 2.00 bits per heavy atom. The number of carbonyl (C=O) groups excluding carboxylic acids is 1. The van der Waals surface area contributed by atoms with Gasteiger partial charge in [-0.2, -0.15) is 5.10 Å². The number of benzene rings is 2. The predicted octanol–water partition coefficient (Wildman–Crippen LogP) is 4.47. The second kappa shape index (κ2) is 12.8. The van der Waals surface area contributed by atoms with Gasteiger partial charge in [0.1, 0.15) is 24.5 Å². The first-order valence-corrected chi connectivity index (χ1v) is 12.4. The number of nitrogens with zero attached hydrogens (tertiary/aromatic N) is 5. The van der Waals surface area contributed by atoms with Crippen molar-refractivity contribution in [1.82, 2.24) is 24.6 Å². The number of aromatic nitrogens is 4. The van der Waals surface area contributed by atoms with Crippen LogP contribution in [0.4, 0.5) is 21.6 Å². The molecule has 2 aromatic carbocycles. The minimum atomic E-state index is -0.420. The van der Waals surface area contributed by atoms with Crippen molar-refractivity contribution in [3.05, 3.63) is 60.9 Å². The maximum atomic E-state index is 13.4. The summed E-state index contributed by atoms with van der Waals surface area (Å²) in [5.74, 6) is 1.02. The van der Waals surface area contributed by atoms with E-state index in [4.69, 9.17) is 9.47 Å². The highest BCUT2D eigenvalue weighted by Crippen LogP contribution is 2.34. The molecule has 2 aromatic heterocycles. The van der Waals surface area contributed by atoms with Crippen molar-refractivity contribution >= 4 is 34.0 Å². The van der Waals surface area contributed by atoms with Crippen LogP contribution in [-0.4, -0.2) is 64.4 Å². The van der Waals surface area contributed by atoms with E-state index in [0.29, 0.717) is 40.8 Å². The largest absolute Gasteiger partial charge is 0.493 e. The fourth-order valence-electron chi connectivity index (χ4n) is 4.01. The first-order chi connectivity index (χ1) is 18.4. The summed E-state index contributed by atoms with van der Waals surface area (Å²) >= 11 is 0. The molecule has 0 saturated heterocycles. The summed E-state index contributed by atoms with van der Waals surface area (Å²) in [4.78, 5) is 23.4. The number of nitrogens with one attached hydrogen (secondary N) is 2. The third kappa shape index (κ3) is 7.16. The summed E-state index contributed by atoms with van der Waals surface area (Å²) in [6.45, 7) is 4.72. The van der Waals surface area contributed by atoms with E-state index in [-0.39, 0.29) is 12.5 Å². The fraction of sp³-hybridized carbons (Fsp3) is 0.333. The summed E-state index contributed by atoms with van der Waals surface area (Å²) in [5.41, 5.74) is 1.72. The number of amides is 1. The highest BCUT2D eigenvalue weighted by atomic mass is 19.1. The summed E-state index contributed by atoms with van der Waals surface area (Å²) in [6.07, 6.45) is 6.77. The molecule has 1 amide bonds. The standard InChI is InChI=1S/C27H32FN7O3/c1-4-9-34(2)10-6-11-38-25-14-23-22(13-24(25)37-3)27(30-18-29-23)33-21-15-31-35(16-21)17-26(36)32-20-8-5-7-19(28)12-20/h5,7-8,12-16,18H,4,6,9-11,17H2,1-3H3,(H,32,36)(H,29,30,33). The molecule has 0 saturated carbocycles. The van der Waals surface area contributed by atoms with E-state index in [0.717, 1.165) is 31.3 Å². The van der Waals surface area contributed by atoms with Gasteiger partial charge in [-0.25, -0.2) is 14.4 Å². The molecule has 0 unspecified atom stereocenters. The number of fused-ring (bicyclic) bond motifs is 1. The number of halogens is 1. The molecule has 200 valence electrons. The van der Waals surface area contributed by atoms with Crippen LogP contribution >= 0.6 is 0 Å². The van der Waals surface area contributed by atoms with Crippen LogP contribution < -0.4 is 20.1 Å². The average molecular weight is 522 g/mol. The van der Waals surface area contributed by atoms with Crippen molar-refractivity contribution in [3.8, 4) is 11.5 Å². The Kier molecular flexibility index (Phi) is 9.04. The van der Waals surface area contributed by atoms with Gasteiger partial charge in [-0.1, -0.05) is 13.0 Å². The molecule has 0 aliphatic rings. The lowest BCUT2D eigenvalue weighted by molar-refractivity contribution is -0.116. The molecule has 0 radical (unpaired) electrons. The topological polar surface area (TPSA) is 106 Å². The second-order valence-electron chi connectivity index (χ2n) is 8.86. The molecule has 10 nitrogen and oxygen atoms in total. The van der Waals surface area contributed by atoms with E-state index in [9.17, 15) is 9.18 Å². The van der Waals surface area contributed by atoms with E-state index in [1.807, 2.05) is 12.1 Å². The number of hydrogen-bond donors (Lipinski definition) is 2. The van der Waals surface area contributed by atoms with Crippen molar-refractivity contribution in [3.63, 3.8) is 0 Å². The van der Waals surface area contributed by atoms with E-state index < -0.39 is 5.82 Å². The minimum Gasteiger partial charge on any atom is -0.493 e. The van der Waals surface area contributed by atoms with Crippen LogP contribution in [0.2, 0.25) is 0 Å². The monoisotopic (exact) mass is 521 g/mol. The van der Waals surface area contributed by atoms with Gasteiger partial charge in [-0.05, 0) is 50.7 Å². The molecule has 11 heteroatoms. The zero-order chi connectivity index (χ0) is 26.9. The third-order valence-electron chi connectivity index (χ3n) is 5.78. The Labute approximate surface area is 220 Å². The summed E-state index contributed by atoms with van der Waals surface area (Å²) in [7, 11) is 3.70. The Bertz CT molecular complexity index is 1380. The Hall–Kier alpha value is -4.25. The van der Waals surface area contributed by atoms with Crippen molar-refractivity contribution in [2.24, 2.45) is 0 Å². The lowest BCUT2D eigenvalue weighted by Crippen LogP contribution is -2.21. The number of hydrogen-bond acceptors (Lipinski definition) is 8. The Balaban J connectivity index is 1.41. The molecular weight excluding hydrogens is 489 g/mol. The van der Waals surface area contributed by atoms with Gasteiger partial charge in [-0.15, -0.1) is 0 Å². The van der Waals surface area contributed by atoms with Crippen LogP contribution in [0.3, 0.4) is 0 Å². The molecule has 0 aliphatic carbocycles. The van der Waals surface area contributed by atoms with Crippen LogP contribution in [0, 0.1) is 5.82 Å².